The number of nitrogens with zero attached hydrogens (tertiary/aromatic N) is 4. The van der Waals surface area contributed by atoms with Gasteiger partial charge in [-0.1, -0.05) is 30.3 Å². The Hall–Kier alpha value is -4.30. The number of fused-ring (bicyclic) bond motifs is 1. The number of rotatable bonds is 5. The summed E-state index contributed by atoms with van der Waals surface area (Å²) in [6.45, 7) is 0. The minimum absolute atomic E-state index is 0.673. The summed E-state index contributed by atoms with van der Waals surface area (Å²) < 4.78 is 0. The van der Waals surface area contributed by atoms with Crippen molar-refractivity contribution in [2.75, 3.05) is 0 Å². The highest BCUT2D eigenvalue weighted by molar-refractivity contribution is 5.86. The van der Waals surface area contributed by atoms with Gasteiger partial charge in [0.15, 0.2) is 0 Å². The van der Waals surface area contributed by atoms with Crippen LogP contribution in [-0.2, 0) is 12.8 Å². The number of nitriles is 1. The van der Waals surface area contributed by atoms with E-state index in [0.717, 1.165) is 52.2 Å². The minimum atomic E-state index is 0.673. The molecule has 0 saturated carbocycles. The Bertz CT molecular complexity index is 1380. The van der Waals surface area contributed by atoms with Gasteiger partial charge in [0.2, 0.25) is 0 Å². The van der Waals surface area contributed by atoms with Crippen molar-refractivity contribution in [3.63, 3.8) is 0 Å². The summed E-state index contributed by atoms with van der Waals surface area (Å²) >= 11 is 0. The average Bonchev–Trinajstić information content (AvgIpc) is 3.28. The third kappa shape index (κ3) is 3.92. The standard InChI is InChI=1S/C26H19N5/c27-17-19-8-6-18(7-9-19)10-13-24-30-25(26(31-24)23-5-1-2-14-29-23)21-11-12-22-20(16-21)4-3-15-28-22/h1-9,11-12,14-16H,10,13H2,(H,30,31). The Morgan fingerprint density at radius 2 is 1.71 bits per heavy atom. The van der Waals surface area contributed by atoms with Crippen LogP contribution in [0, 0.1) is 11.3 Å². The molecule has 0 aliphatic carbocycles. The van der Waals surface area contributed by atoms with Crippen molar-refractivity contribution < 1.29 is 0 Å². The number of imidazole rings is 1. The maximum atomic E-state index is 8.98. The van der Waals surface area contributed by atoms with E-state index in [9.17, 15) is 0 Å². The molecule has 31 heavy (non-hydrogen) atoms. The van der Waals surface area contributed by atoms with Crippen LogP contribution in [0.15, 0.2) is 85.2 Å². The zero-order valence-electron chi connectivity index (χ0n) is 16.8. The van der Waals surface area contributed by atoms with E-state index < -0.39 is 0 Å². The molecule has 3 aromatic heterocycles. The second-order valence-electron chi connectivity index (χ2n) is 7.34. The summed E-state index contributed by atoms with van der Waals surface area (Å²) in [5.74, 6) is 0.909. The number of nitrogens with one attached hydrogen (secondary N) is 1. The number of hydrogen-bond donors (Lipinski definition) is 1. The second-order valence-corrected chi connectivity index (χ2v) is 7.34. The predicted octanol–water partition coefficient (Wildman–Crippen LogP) is 5.34. The first-order valence-corrected chi connectivity index (χ1v) is 10.1. The van der Waals surface area contributed by atoms with E-state index >= 15 is 0 Å². The number of aromatic amines is 1. The van der Waals surface area contributed by atoms with Crippen molar-refractivity contribution in [2.45, 2.75) is 12.8 Å². The van der Waals surface area contributed by atoms with Crippen molar-refractivity contribution >= 4 is 10.9 Å². The SMILES string of the molecule is N#Cc1ccc(CCc2nc(-c3ccc4ncccc4c3)c(-c3ccccn3)[nH]2)cc1. The van der Waals surface area contributed by atoms with Gasteiger partial charge < -0.3 is 4.98 Å². The maximum Gasteiger partial charge on any atom is 0.107 e. The quantitative estimate of drug-likeness (QED) is 0.431. The summed E-state index contributed by atoms with van der Waals surface area (Å²) in [4.78, 5) is 17.4. The van der Waals surface area contributed by atoms with Crippen LogP contribution < -0.4 is 0 Å². The van der Waals surface area contributed by atoms with E-state index in [2.05, 4.69) is 39.2 Å². The molecule has 0 atom stereocenters. The maximum absolute atomic E-state index is 8.98. The van der Waals surface area contributed by atoms with E-state index in [0.29, 0.717) is 5.56 Å². The topological polar surface area (TPSA) is 78.2 Å². The zero-order chi connectivity index (χ0) is 21.0. The van der Waals surface area contributed by atoms with Crippen molar-refractivity contribution in [1.29, 1.82) is 5.26 Å². The van der Waals surface area contributed by atoms with Crippen LogP contribution in [-0.4, -0.2) is 19.9 Å². The van der Waals surface area contributed by atoms with Crippen molar-refractivity contribution in [1.82, 2.24) is 19.9 Å². The molecule has 0 radical (unpaired) electrons. The lowest BCUT2D eigenvalue weighted by atomic mass is 10.1. The van der Waals surface area contributed by atoms with Gasteiger partial charge in [0.25, 0.3) is 0 Å². The first-order chi connectivity index (χ1) is 15.3. The lowest BCUT2D eigenvalue weighted by molar-refractivity contribution is 0.885. The molecule has 5 nitrogen and oxygen atoms in total. The number of hydrogen-bond acceptors (Lipinski definition) is 4. The fraction of sp³-hybridized carbons (Fsp3) is 0.0769. The van der Waals surface area contributed by atoms with Crippen LogP contribution in [0.5, 0.6) is 0 Å². The number of aryl methyl sites for hydroxylation is 2. The van der Waals surface area contributed by atoms with E-state index in [1.807, 2.05) is 54.6 Å². The largest absolute Gasteiger partial charge is 0.340 e. The van der Waals surface area contributed by atoms with E-state index in [1.165, 1.54) is 5.56 Å². The van der Waals surface area contributed by atoms with Gasteiger partial charge in [-0.2, -0.15) is 5.26 Å². The van der Waals surface area contributed by atoms with E-state index in [-0.39, 0.29) is 0 Å². The van der Waals surface area contributed by atoms with Gasteiger partial charge in [0.1, 0.15) is 5.82 Å². The first kappa shape index (κ1) is 18.7. The lowest BCUT2D eigenvalue weighted by Gasteiger charge is -2.04. The fourth-order valence-electron chi connectivity index (χ4n) is 3.68. The van der Waals surface area contributed by atoms with Crippen LogP contribution in [0.2, 0.25) is 0 Å². The third-order valence-corrected chi connectivity index (χ3v) is 5.28. The Morgan fingerprint density at radius 3 is 2.52 bits per heavy atom. The molecule has 0 aliphatic rings. The molecule has 5 rings (SSSR count). The third-order valence-electron chi connectivity index (χ3n) is 5.28. The van der Waals surface area contributed by atoms with Gasteiger partial charge in [-0.15, -0.1) is 0 Å². The number of pyridine rings is 2. The van der Waals surface area contributed by atoms with Crippen molar-refractivity contribution in [3.8, 4) is 28.7 Å². The highest BCUT2D eigenvalue weighted by atomic mass is 15.0. The molecule has 3 heterocycles. The average molecular weight is 401 g/mol. The molecule has 0 spiro atoms. The summed E-state index contributed by atoms with van der Waals surface area (Å²) in [6, 6.07) is 25.9. The summed E-state index contributed by atoms with van der Waals surface area (Å²) in [7, 11) is 0. The Labute approximate surface area is 180 Å². The first-order valence-electron chi connectivity index (χ1n) is 10.1. The predicted molar refractivity (Wildman–Crippen MR) is 121 cm³/mol. The smallest absolute Gasteiger partial charge is 0.107 e. The van der Waals surface area contributed by atoms with Crippen LogP contribution in [0.4, 0.5) is 0 Å². The monoisotopic (exact) mass is 401 g/mol. The molecular weight excluding hydrogens is 382 g/mol. The second kappa shape index (κ2) is 8.21. The van der Waals surface area contributed by atoms with Crippen LogP contribution in [0.25, 0.3) is 33.5 Å². The molecule has 0 bridgehead atoms. The highest BCUT2D eigenvalue weighted by Crippen LogP contribution is 2.31. The van der Waals surface area contributed by atoms with Gasteiger partial charge in [-0.25, -0.2) is 4.98 Å². The normalized spacial score (nSPS) is 10.8. The summed E-state index contributed by atoms with van der Waals surface area (Å²) in [6.07, 6.45) is 5.20. The zero-order valence-corrected chi connectivity index (χ0v) is 16.8. The minimum Gasteiger partial charge on any atom is -0.340 e. The van der Waals surface area contributed by atoms with Gasteiger partial charge in [0, 0.05) is 29.8 Å². The van der Waals surface area contributed by atoms with Crippen LogP contribution >= 0.6 is 0 Å². The number of H-pyrrole nitrogens is 1. The molecule has 0 amide bonds. The molecule has 5 aromatic rings. The van der Waals surface area contributed by atoms with E-state index in [1.54, 1.807) is 12.4 Å². The number of benzene rings is 2. The molecule has 0 aliphatic heterocycles. The van der Waals surface area contributed by atoms with Gasteiger partial charge in [-0.05, 0) is 54.4 Å². The molecule has 0 fully saturated rings. The molecule has 0 unspecified atom stereocenters. The lowest BCUT2D eigenvalue weighted by Crippen LogP contribution is -1.94. The summed E-state index contributed by atoms with van der Waals surface area (Å²) in [5.41, 5.74) is 6.50. The molecule has 2 aromatic carbocycles. The van der Waals surface area contributed by atoms with Crippen molar-refractivity contribution in [3.05, 3.63) is 102 Å². The van der Waals surface area contributed by atoms with Crippen LogP contribution in [0.1, 0.15) is 17.0 Å². The van der Waals surface area contributed by atoms with Gasteiger partial charge in [-0.3, -0.25) is 9.97 Å². The Kier molecular flexibility index (Phi) is 4.96. The highest BCUT2D eigenvalue weighted by Gasteiger charge is 2.15. The molecular formula is C26H19N5. The van der Waals surface area contributed by atoms with Gasteiger partial charge >= 0.3 is 0 Å². The number of aromatic nitrogens is 4. The van der Waals surface area contributed by atoms with Crippen LogP contribution in [0.3, 0.4) is 0 Å². The van der Waals surface area contributed by atoms with Gasteiger partial charge in [0.05, 0.1) is 34.2 Å². The molecule has 0 saturated heterocycles. The fourth-order valence-corrected chi connectivity index (χ4v) is 3.68. The van der Waals surface area contributed by atoms with Crippen molar-refractivity contribution in [2.24, 2.45) is 0 Å². The molecule has 5 heteroatoms. The Balaban J connectivity index is 1.51. The Morgan fingerprint density at radius 1 is 0.839 bits per heavy atom. The van der Waals surface area contributed by atoms with E-state index in [4.69, 9.17) is 10.2 Å². The molecule has 1 N–H and O–H groups in total. The molecule has 148 valence electrons. The summed E-state index contributed by atoms with van der Waals surface area (Å²) in [5, 5.41) is 10.1.